The van der Waals surface area contributed by atoms with E-state index in [0.717, 1.165) is 3.57 Å². The Hall–Kier alpha value is -1.44. The highest BCUT2D eigenvalue weighted by Gasteiger charge is 2.10. The number of nitrogens with two attached hydrogens (primary N) is 1. The first kappa shape index (κ1) is 13.0. The number of nitrogens with zero attached hydrogens (tertiary/aromatic N) is 1. The summed E-state index contributed by atoms with van der Waals surface area (Å²) in [5, 5.41) is 0. The van der Waals surface area contributed by atoms with Crippen molar-refractivity contribution in [2.45, 2.75) is 6.61 Å². The molecule has 1 heterocycles. The topological polar surface area (TPSA) is 48.1 Å². The smallest absolute Gasteiger partial charge is 0.166 e. The van der Waals surface area contributed by atoms with E-state index in [-0.39, 0.29) is 18.0 Å². The van der Waals surface area contributed by atoms with Gasteiger partial charge in [-0.15, -0.1) is 0 Å². The summed E-state index contributed by atoms with van der Waals surface area (Å²) in [6, 6.07) is 5.31. The third-order valence-corrected chi connectivity index (χ3v) is 2.87. The molecule has 0 aliphatic carbocycles. The highest BCUT2D eigenvalue weighted by molar-refractivity contribution is 14.1. The minimum absolute atomic E-state index is 0.129. The van der Waals surface area contributed by atoms with E-state index in [1.54, 1.807) is 12.3 Å². The summed E-state index contributed by atoms with van der Waals surface area (Å²) in [6.07, 6.45) is 1.58. The molecule has 0 amide bonds. The van der Waals surface area contributed by atoms with E-state index >= 15 is 0 Å². The molecule has 0 bridgehead atoms. The molecule has 2 rings (SSSR count). The maximum atomic E-state index is 13.4. The van der Waals surface area contributed by atoms with Gasteiger partial charge in [-0.1, -0.05) is 6.07 Å². The SMILES string of the molecule is Nc1ncc(I)cc1OCc1c(F)cccc1F. The summed E-state index contributed by atoms with van der Waals surface area (Å²) in [7, 11) is 0. The number of hydrogen-bond donors (Lipinski definition) is 1. The molecule has 0 saturated heterocycles. The minimum atomic E-state index is -0.646. The first-order valence-corrected chi connectivity index (χ1v) is 6.12. The molecule has 0 radical (unpaired) electrons. The summed E-state index contributed by atoms with van der Waals surface area (Å²) in [6.45, 7) is -0.232. The number of benzene rings is 1. The first-order chi connectivity index (χ1) is 8.58. The van der Waals surface area contributed by atoms with Gasteiger partial charge >= 0.3 is 0 Å². The molecule has 6 heteroatoms. The number of halogens is 3. The Morgan fingerprint density at radius 1 is 1.28 bits per heavy atom. The fourth-order valence-electron chi connectivity index (χ4n) is 1.37. The normalized spacial score (nSPS) is 10.4. The van der Waals surface area contributed by atoms with Crippen LogP contribution in [0.5, 0.6) is 5.75 Å². The van der Waals surface area contributed by atoms with Crippen LogP contribution in [-0.2, 0) is 6.61 Å². The Labute approximate surface area is 116 Å². The lowest BCUT2D eigenvalue weighted by molar-refractivity contribution is 0.293. The van der Waals surface area contributed by atoms with Crippen LogP contribution < -0.4 is 10.5 Å². The van der Waals surface area contributed by atoms with Crippen LogP contribution in [0.2, 0.25) is 0 Å². The summed E-state index contributed by atoms with van der Waals surface area (Å²) in [5.41, 5.74) is 5.47. The molecule has 2 N–H and O–H groups in total. The maximum absolute atomic E-state index is 13.4. The van der Waals surface area contributed by atoms with Crippen LogP contribution >= 0.6 is 22.6 Å². The van der Waals surface area contributed by atoms with Gasteiger partial charge in [-0.2, -0.15) is 0 Å². The second-order valence-corrected chi connectivity index (χ2v) is 4.77. The van der Waals surface area contributed by atoms with Gasteiger partial charge in [0, 0.05) is 9.77 Å². The van der Waals surface area contributed by atoms with E-state index in [1.165, 1.54) is 18.2 Å². The van der Waals surface area contributed by atoms with E-state index in [1.807, 2.05) is 22.6 Å². The zero-order valence-electron chi connectivity index (χ0n) is 9.16. The van der Waals surface area contributed by atoms with Gasteiger partial charge < -0.3 is 10.5 Å². The predicted octanol–water partition coefficient (Wildman–Crippen LogP) is 3.13. The molecule has 0 unspecified atom stereocenters. The van der Waals surface area contributed by atoms with Crippen LogP contribution in [0.3, 0.4) is 0 Å². The molecule has 1 aromatic heterocycles. The van der Waals surface area contributed by atoms with E-state index in [4.69, 9.17) is 10.5 Å². The van der Waals surface area contributed by atoms with Gasteiger partial charge in [0.05, 0.1) is 5.56 Å². The predicted molar refractivity (Wildman–Crippen MR) is 72.1 cm³/mol. The summed E-state index contributed by atoms with van der Waals surface area (Å²) in [4.78, 5) is 3.89. The van der Waals surface area contributed by atoms with Crippen LogP contribution in [0, 0.1) is 15.2 Å². The number of ether oxygens (including phenoxy) is 1. The van der Waals surface area contributed by atoms with Crippen LogP contribution in [0.1, 0.15) is 5.56 Å². The number of rotatable bonds is 3. The molecular formula is C12H9F2IN2O. The third-order valence-electron chi connectivity index (χ3n) is 2.28. The van der Waals surface area contributed by atoms with Gasteiger partial charge in [0.25, 0.3) is 0 Å². The van der Waals surface area contributed by atoms with E-state index < -0.39 is 11.6 Å². The first-order valence-electron chi connectivity index (χ1n) is 5.04. The van der Waals surface area contributed by atoms with Gasteiger partial charge in [0.2, 0.25) is 0 Å². The molecule has 0 aliphatic rings. The Bertz CT molecular complexity index is 558. The molecule has 0 fully saturated rings. The lowest BCUT2D eigenvalue weighted by Gasteiger charge is -2.09. The van der Waals surface area contributed by atoms with Crippen molar-refractivity contribution < 1.29 is 13.5 Å². The molecule has 0 saturated carbocycles. The Morgan fingerprint density at radius 2 is 1.94 bits per heavy atom. The molecule has 2 aromatic rings. The fraction of sp³-hybridized carbons (Fsp3) is 0.0833. The van der Waals surface area contributed by atoms with E-state index in [2.05, 4.69) is 4.98 Å². The largest absolute Gasteiger partial charge is 0.485 e. The molecule has 1 aromatic carbocycles. The van der Waals surface area contributed by atoms with Crippen molar-refractivity contribution in [1.29, 1.82) is 0 Å². The molecule has 3 nitrogen and oxygen atoms in total. The number of aromatic nitrogens is 1. The molecule has 18 heavy (non-hydrogen) atoms. The van der Waals surface area contributed by atoms with Crippen LogP contribution in [0.4, 0.5) is 14.6 Å². The van der Waals surface area contributed by atoms with Gasteiger partial charge in [0.15, 0.2) is 11.6 Å². The fourth-order valence-corrected chi connectivity index (χ4v) is 1.79. The molecule has 0 atom stereocenters. The van der Waals surface area contributed by atoms with Crippen molar-refractivity contribution >= 4 is 28.4 Å². The highest BCUT2D eigenvalue weighted by Crippen LogP contribution is 2.23. The van der Waals surface area contributed by atoms with Crippen LogP contribution in [0.15, 0.2) is 30.5 Å². The molecule has 0 aliphatic heterocycles. The van der Waals surface area contributed by atoms with Crippen molar-refractivity contribution in [2.75, 3.05) is 5.73 Å². The maximum Gasteiger partial charge on any atom is 0.166 e. The number of anilines is 1. The van der Waals surface area contributed by atoms with Gasteiger partial charge in [-0.3, -0.25) is 0 Å². The van der Waals surface area contributed by atoms with Gasteiger partial charge in [0.1, 0.15) is 18.2 Å². The van der Waals surface area contributed by atoms with Gasteiger partial charge in [-0.25, -0.2) is 13.8 Å². The number of nitrogen functional groups attached to an aromatic ring is 1. The van der Waals surface area contributed by atoms with Crippen LogP contribution in [-0.4, -0.2) is 4.98 Å². The molecule has 94 valence electrons. The molecule has 0 spiro atoms. The summed E-state index contributed by atoms with van der Waals surface area (Å²) < 4.78 is 32.8. The van der Waals surface area contributed by atoms with Crippen LogP contribution in [0.25, 0.3) is 0 Å². The quantitative estimate of drug-likeness (QED) is 0.854. The minimum Gasteiger partial charge on any atom is -0.485 e. The Kier molecular flexibility index (Phi) is 3.95. The Morgan fingerprint density at radius 3 is 2.61 bits per heavy atom. The van der Waals surface area contributed by atoms with E-state index in [0.29, 0.717) is 5.75 Å². The van der Waals surface area contributed by atoms with Crippen molar-refractivity contribution in [2.24, 2.45) is 0 Å². The zero-order valence-corrected chi connectivity index (χ0v) is 11.3. The summed E-state index contributed by atoms with van der Waals surface area (Å²) >= 11 is 2.04. The van der Waals surface area contributed by atoms with Crippen molar-refractivity contribution in [3.05, 3.63) is 51.2 Å². The monoisotopic (exact) mass is 362 g/mol. The van der Waals surface area contributed by atoms with E-state index in [9.17, 15) is 8.78 Å². The third kappa shape index (κ3) is 2.87. The standard InChI is InChI=1S/C12H9F2IN2O/c13-9-2-1-3-10(14)8(9)6-18-11-4-7(15)5-17-12(11)16/h1-5H,6H2,(H2,16,17). The average molecular weight is 362 g/mol. The summed E-state index contributed by atoms with van der Waals surface area (Å²) in [5.74, 6) is -0.795. The lowest BCUT2D eigenvalue weighted by atomic mass is 10.2. The lowest BCUT2D eigenvalue weighted by Crippen LogP contribution is -2.04. The highest BCUT2D eigenvalue weighted by atomic mass is 127. The number of pyridine rings is 1. The van der Waals surface area contributed by atoms with Crippen molar-refractivity contribution in [1.82, 2.24) is 4.98 Å². The number of hydrogen-bond acceptors (Lipinski definition) is 3. The second-order valence-electron chi connectivity index (χ2n) is 3.53. The Balaban J connectivity index is 2.19. The average Bonchev–Trinajstić information content (AvgIpc) is 2.33. The van der Waals surface area contributed by atoms with Crippen molar-refractivity contribution in [3.63, 3.8) is 0 Å². The van der Waals surface area contributed by atoms with Gasteiger partial charge in [-0.05, 0) is 40.8 Å². The molecular weight excluding hydrogens is 353 g/mol. The zero-order chi connectivity index (χ0) is 13.1. The second kappa shape index (κ2) is 5.47. The van der Waals surface area contributed by atoms with Crippen molar-refractivity contribution in [3.8, 4) is 5.75 Å².